The third-order valence-corrected chi connectivity index (χ3v) is 10.1. The smallest absolute Gasteiger partial charge is 0.407 e. The van der Waals surface area contributed by atoms with E-state index in [0.29, 0.717) is 0 Å². The van der Waals surface area contributed by atoms with E-state index in [1.54, 1.807) is 27.7 Å². The van der Waals surface area contributed by atoms with Crippen LogP contribution in [-0.2, 0) is 29.4 Å². The van der Waals surface area contributed by atoms with E-state index in [1.807, 2.05) is 140 Å². The average molecular weight is 768 g/mol. The highest BCUT2D eigenvalue weighted by Crippen LogP contribution is 2.44. The number of ether oxygens (including phenoxy) is 2. The van der Waals surface area contributed by atoms with Gasteiger partial charge in [-0.25, -0.2) is 9.59 Å². The van der Waals surface area contributed by atoms with Gasteiger partial charge < -0.3 is 30.5 Å². The van der Waals surface area contributed by atoms with Crippen LogP contribution in [0, 0.1) is 0 Å². The van der Waals surface area contributed by atoms with Gasteiger partial charge in [-0.2, -0.15) is 0 Å². The van der Waals surface area contributed by atoms with Gasteiger partial charge in [0, 0.05) is 12.3 Å². The van der Waals surface area contributed by atoms with Crippen LogP contribution < -0.4 is 16.0 Å². The minimum absolute atomic E-state index is 0.00333. The maximum atomic E-state index is 14.2. The molecule has 0 heterocycles. The second-order valence-electron chi connectivity index (χ2n) is 15.2. The number of carbonyl (C=O) groups excluding carboxylic acids is 3. The number of carboxylic acids is 1. The molecule has 294 valence electrons. The molecule has 4 N–H and O–H groups in total. The van der Waals surface area contributed by atoms with Crippen LogP contribution in [0.5, 0.6) is 0 Å². The number of carboxylic acid groups (broad SMARTS) is 1. The van der Waals surface area contributed by atoms with Crippen molar-refractivity contribution >= 4 is 23.9 Å². The highest BCUT2D eigenvalue weighted by molar-refractivity contribution is 5.90. The van der Waals surface area contributed by atoms with Gasteiger partial charge in [0.25, 0.3) is 0 Å². The van der Waals surface area contributed by atoms with Crippen LogP contribution >= 0.6 is 0 Å². The summed E-state index contributed by atoms with van der Waals surface area (Å²) in [7, 11) is 0. The Labute approximate surface area is 333 Å². The van der Waals surface area contributed by atoms with E-state index >= 15 is 0 Å². The van der Waals surface area contributed by atoms with Crippen molar-refractivity contribution < 1.29 is 33.8 Å². The standard InChI is InChI=1S/C47H49N3O7/c1-31(57-46(2,3)4)42(44(53)54)49-43(52)40(48-45(55)56-30-39-37-26-16-14-24-35(37)36-25-15-17-27-38(36)39)28-29-41(51)50-47(32-18-8-5-9-19-32,33-20-10-6-11-21-33)34-22-12-7-13-23-34/h5-27,31,39-40,42H,28-30H2,1-4H3,(H,48,55)(H,49,52)(H,50,51)(H,53,54)/t31-,40+,42+/m1/s1. The zero-order valence-corrected chi connectivity index (χ0v) is 32.6. The highest BCUT2D eigenvalue weighted by atomic mass is 16.5. The SMILES string of the molecule is C[C@@H](OC(C)(C)C)[C@H](NC(=O)[C@H](CCC(=O)NC(c1ccccc1)(c1ccccc1)c1ccccc1)NC(=O)OCC1c2ccccc2-c2ccccc21)C(=O)O. The van der Waals surface area contributed by atoms with Crippen molar-refractivity contribution in [1.29, 1.82) is 0 Å². The second kappa shape index (κ2) is 17.7. The zero-order chi connectivity index (χ0) is 40.6. The lowest BCUT2D eigenvalue weighted by molar-refractivity contribution is -0.150. The van der Waals surface area contributed by atoms with Crippen molar-refractivity contribution in [2.24, 2.45) is 0 Å². The molecule has 0 unspecified atom stereocenters. The summed E-state index contributed by atoms with van der Waals surface area (Å²) in [4.78, 5) is 54.2. The molecule has 0 spiro atoms. The number of alkyl carbamates (subject to hydrolysis) is 1. The van der Waals surface area contributed by atoms with Gasteiger partial charge in [-0.3, -0.25) is 9.59 Å². The van der Waals surface area contributed by atoms with Crippen molar-refractivity contribution in [2.75, 3.05) is 6.61 Å². The van der Waals surface area contributed by atoms with Gasteiger partial charge in [0.15, 0.2) is 6.04 Å². The van der Waals surface area contributed by atoms with E-state index < -0.39 is 53.2 Å². The molecule has 0 saturated carbocycles. The lowest BCUT2D eigenvalue weighted by Crippen LogP contribution is -2.56. The van der Waals surface area contributed by atoms with Crippen molar-refractivity contribution in [2.45, 2.75) is 75.8 Å². The van der Waals surface area contributed by atoms with Crippen LogP contribution in [-0.4, -0.2) is 59.4 Å². The minimum Gasteiger partial charge on any atom is -0.480 e. The van der Waals surface area contributed by atoms with Gasteiger partial charge in [-0.1, -0.05) is 140 Å². The van der Waals surface area contributed by atoms with Crippen molar-refractivity contribution in [1.82, 2.24) is 16.0 Å². The number of aliphatic carboxylic acids is 1. The lowest BCUT2D eigenvalue weighted by Gasteiger charge is -2.37. The molecule has 0 aromatic heterocycles. The first-order chi connectivity index (χ1) is 27.4. The fourth-order valence-corrected chi connectivity index (χ4v) is 7.64. The van der Waals surface area contributed by atoms with E-state index in [1.165, 1.54) is 0 Å². The Morgan fingerprint density at radius 3 is 1.58 bits per heavy atom. The number of benzene rings is 5. The van der Waals surface area contributed by atoms with Gasteiger partial charge in [0.1, 0.15) is 18.2 Å². The van der Waals surface area contributed by atoms with Crippen molar-refractivity contribution in [3.63, 3.8) is 0 Å². The van der Waals surface area contributed by atoms with Crippen molar-refractivity contribution in [3.8, 4) is 11.1 Å². The van der Waals surface area contributed by atoms with Gasteiger partial charge in [-0.15, -0.1) is 0 Å². The largest absolute Gasteiger partial charge is 0.480 e. The third-order valence-electron chi connectivity index (χ3n) is 10.1. The third kappa shape index (κ3) is 9.41. The summed E-state index contributed by atoms with van der Waals surface area (Å²) in [6.07, 6.45) is -2.18. The molecule has 0 aliphatic heterocycles. The number of amides is 3. The predicted molar refractivity (Wildman–Crippen MR) is 218 cm³/mol. The fourth-order valence-electron chi connectivity index (χ4n) is 7.64. The molecule has 0 radical (unpaired) electrons. The molecule has 3 atom stereocenters. The summed E-state index contributed by atoms with van der Waals surface area (Å²) >= 11 is 0. The summed E-state index contributed by atoms with van der Waals surface area (Å²) < 4.78 is 11.7. The molecule has 1 aliphatic rings. The summed E-state index contributed by atoms with van der Waals surface area (Å²) in [5, 5.41) is 18.6. The molecule has 57 heavy (non-hydrogen) atoms. The van der Waals surface area contributed by atoms with E-state index in [0.717, 1.165) is 38.9 Å². The number of hydrogen-bond donors (Lipinski definition) is 4. The first-order valence-electron chi connectivity index (χ1n) is 19.2. The van der Waals surface area contributed by atoms with Crippen LogP contribution in [0.25, 0.3) is 11.1 Å². The number of nitrogens with one attached hydrogen (secondary N) is 3. The average Bonchev–Trinajstić information content (AvgIpc) is 3.53. The van der Waals surface area contributed by atoms with Gasteiger partial charge in [0.05, 0.1) is 11.7 Å². The fraction of sp³-hybridized carbons (Fsp3) is 0.277. The lowest BCUT2D eigenvalue weighted by atomic mass is 9.77. The Balaban J connectivity index is 1.25. The second-order valence-corrected chi connectivity index (χ2v) is 15.2. The van der Waals surface area contributed by atoms with E-state index in [2.05, 4.69) is 16.0 Å². The molecular weight excluding hydrogens is 719 g/mol. The number of fused-ring (bicyclic) bond motifs is 3. The molecule has 0 saturated heterocycles. The zero-order valence-electron chi connectivity index (χ0n) is 32.6. The highest BCUT2D eigenvalue weighted by Gasteiger charge is 2.39. The summed E-state index contributed by atoms with van der Waals surface area (Å²) in [5.41, 5.74) is 4.83. The molecule has 5 aromatic rings. The molecule has 0 bridgehead atoms. The Hall–Kier alpha value is -6.26. The minimum atomic E-state index is -1.45. The molecule has 3 amide bonds. The van der Waals surface area contributed by atoms with Crippen LogP contribution in [0.4, 0.5) is 4.79 Å². The summed E-state index contributed by atoms with van der Waals surface area (Å²) in [5.74, 6) is -2.74. The molecule has 5 aromatic carbocycles. The Morgan fingerprint density at radius 1 is 0.667 bits per heavy atom. The van der Waals surface area contributed by atoms with Crippen LogP contribution in [0.15, 0.2) is 140 Å². The summed E-state index contributed by atoms with van der Waals surface area (Å²) in [6, 6.07) is 41.9. The monoisotopic (exact) mass is 767 g/mol. The van der Waals surface area contributed by atoms with Gasteiger partial charge >= 0.3 is 12.1 Å². The molecule has 10 nitrogen and oxygen atoms in total. The van der Waals surface area contributed by atoms with Crippen LogP contribution in [0.3, 0.4) is 0 Å². The first kappa shape index (κ1) is 40.4. The van der Waals surface area contributed by atoms with Crippen molar-refractivity contribution in [3.05, 3.63) is 167 Å². The van der Waals surface area contributed by atoms with Gasteiger partial charge in [0.2, 0.25) is 11.8 Å². The van der Waals surface area contributed by atoms with E-state index in [9.17, 15) is 24.3 Å². The molecule has 6 rings (SSSR count). The Bertz CT molecular complexity index is 2030. The van der Waals surface area contributed by atoms with Gasteiger partial charge in [-0.05, 0) is 73.1 Å². The maximum Gasteiger partial charge on any atom is 0.407 e. The Kier molecular flexibility index (Phi) is 12.5. The van der Waals surface area contributed by atoms with Crippen LogP contribution in [0.1, 0.15) is 74.3 Å². The molecular formula is C47H49N3O7. The van der Waals surface area contributed by atoms with E-state index in [-0.39, 0.29) is 25.4 Å². The molecule has 1 aliphatic carbocycles. The maximum absolute atomic E-state index is 14.2. The number of rotatable bonds is 15. The molecule has 10 heteroatoms. The Morgan fingerprint density at radius 2 is 1.12 bits per heavy atom. The topological polar surface area (TPSA) is 143 Å². The summed E-state index contributed by atoms with van der Waals surface area (Å²) in [6.45, 7) is 6.90. The van der Waals surface area contributed by atoms with Crippen LogP contribution in [0.2, 0.25) is 0 Å². The van der Waals surface area contributed by atoms with E-state index in [4.69, 9.17) is 9.47 Å². The predicted octanol–water partition coefficient (Wildman–Crippen LogP) is 7.56. The molecule has 0 fully saturated rings. The first-order valence-corrected chi connectivity index (χ1v) is 19.2. The number of carbonyl (C=O) groups is 4. The number of hydrogen-bond acceptors (Lipinski definition) is 6. The normalized spacial score (nSPS) is 14.0. The quantitative estimate of drug-likeness (QED) is 0.0806.